The lowest BCUT2D eigenvalue weighted by Gasteiger charge is -2.16. The number of carbonyl (C=O) groups is 1. The lowest BCUT2D eigenvalue weighted by atomic mass is 10.1. The first-order valence-electron chi connectivity index (χ1n) is 5.76. The normalized spacial score (nSPS) is 19.6. The number of aromatic hydroxyl groups is 1. The third kappa shape index (κ3) is 2.63. The minimum Gasteiger partial charge on any atom is -0.508 e. The van der Waals surface area contributed by atoms with Crippen LogP contribution < -0.4 is 0 Å². The van der Waals surface area contributed by atoms with Crippen molar-refractivity contribution in [1.29, 1.82) is 0 Å². The number of aryl methyl sites for hydroxylation is 1. The Morgan fingerprint density at radius 2 is 2.35 bits per heavy atom. The monoisotopic (exact) mass is 297 g/mol. The van der Waals surface area contributed by atoms with Crippen molar-refractivity contribution in [2.45, 2.75) is 13.3 Å². The van der Waals surface area contributed by atoms with Crippen LogP contribution in [-0.4, -0.2) is 34.3 Å². The highest BCUT2D eigenvalue weighted by Gasteiger charge is 2.26. The fraction of sp³-hybridized carbons (Fsp3) is 0.462. The quantitative estimate of drug-likeness (QED) is 0.853. The molecule has 1 aliphatic heterocycles. The number of nitrogens with zero attached hydrogens (tertiary/aromatic N) is 1. The minimum absolute atomic E-state index is 0.0174. The molecule has 0 radical (unpaired) electrons. The zero-order valence-corrected chi connectivity index (χ0v) is 11.4. The maximum absolute atomic E-state index is 12.2. The van der Waals surface area contributed by atoms with Gasteiger partial charge in [-0.1, -0.05) is 22.0 Å². The van der Waals surface area contributed by atoms with Gasteiger partial charge < -0.3 is 10.0 Å². The van der Waals surface area contributed by atoms with Crippen molar-refractivity contribution in [1.82, 2.24) is 4.90 Å². The number of halogens is 1. The van der Waals surface area contributed by atoms with Gasteiger partial charge in [-0.3, -0.25) is 4.79 Å². The van der Waals surface area contributed by atoms with E-state index < -0.39 is 0 Å². The lowest BCUT2D eigenvalue weighted by Crippen LogP contribution is -2.28. The van der Waals surface area contributed by atoms with Gasteiger partial charge in [0.1, 0.15) is 5.75 Å². The fourth-order valence-electron chi connectivity index (χ4n) is 2.07. The molecule has 1 atom stereocenters. The van der Waals surface area contributed by atoms with Crippen LogP contribution >= 0.6 is 15.9 Å². The van der Waals surface area contributed by atoms with Gasteiger partial charge in [-0.25, -0.2) is 0 Å². The highest BCUT2D eigenvalue weighted by Crippen LogP contribution is 2.23. The molecule has 2 rings (SSSR count). The molecule has 1 aromatic rings. The standard InChI is InChI=1S/C13H16BrNO2/c1-9-2-3-11(6-12(9)16)13(17)15-5-4-10(7-14)8-15/h2-3,6,10,16H,4-5,7-8H2,1H3. The van der Waals surface area contributed by atoms with Gasteiger partial charge in [-0.15, -0.1) is 0 Å². The number of phenols is 1. The van der Waals surface area contributed by atoms with Gasteiger partial charge >= 0.3 is 0 Å². The van der Waals surface area contributed by atoms with Crippen LogP contribution in [0.4, 0.5) is 0 Å². The van der Waals surface area contributed by atoms with E-state index in [1.54, 1.807) is 18.2 Å². The van der Waals surface area contributed by atoms with Gasteiger partial charge in [0, 0.05) is 24.0 Å². The number of rotatable bonds is 2. The van der Waals surface area contributed by atoms with E-state index in [4.69, 9.17) is 0 Å². The van der Waals surface area contributed by atoms with Gasteiger partial charge in [0.2, 0.25) is 0 Å². The van der Waals surface area contributed by atoms with Gasteiger partial charge in [-0.2, -0.15) is 0 Å². The SMILES string of the molecule is Cc1ccc(C(=O)N2CCC(CBr)C2)cc1O. The summed E-state index contributed by atoms with van der Waals surface area (Å²) in [6.45, 7) is 3.43. The second-order valence-corrected chi connectivity index (χ2v) is 5.21. The van der Waals surface area contributed by atoms with Crippen LogP contribution in [0, 0.1) is 12.8 Å². The molecule has 1 N–H and O–H groups in total. The molecule has 1 saturated heterocycles. The van der Waals surface area contributed by atoms with Crippen LogP contribution in [-0.2, 0) is 0 Å². The van der Waals surface area contributed by atoms with E-state index in [2.05, 4.69) is 15.9 Å². The first-order chi connectivity index (χ1) is 8.11. The molecular formula is C13H16BrNO2. The molecule has 0 aromatic heterocycles. The predicted octanol–water partition coefficient (Wildman–Crippen LogP) is 2.56. The predicted molar refractivity (Wildman–Crippen MR) is 70.6 cm³/mol. The number of carbonyl (C=O) groups excluding carboxylic acids is 1. The van der Waals surface area contributed by atoms with Crippen molar-refractivity contribution in [2.24, 2.45) is 5.92 Å². The van der Waals surface area contributed by atoms with Crippen molar-refractivity contribution in [3.63, 3.8) is 0 Å². The van der Waals surface area contributed by atoms with Gasteiger partial charge in [0.05, 0.1) is 0 Å². The van der Waals surface area contributed by atoms with Crippen LogP contribution in [0.5, 0.6) is 5.75 Å². The Morgan fingerprint density at radius 1 is 1.59 bits per heavy atom. The van der Waals surface area contributed by atoms with Gasteiger partial charge in [0.15, 0.2) is 0 Å². The van der Waals surface area contributed by atoms with E-state index >= 15 is 0 Å². The molecule has 0 saturated carbocycles. The molecule has 0 spiro atoms. The minimum atomic E-state index is 0.0174. The van der Waals surface area contributed by atoms with Crippen LogP contribution in [0.15, 0.2) is 18.2 Å². The lowest BCUT2D eigenvalue weighted by molar-refractivity contribution is 0.0788. The number of amides is 1. The summed E-state index contributed by atoms with van der Waals surface area (Å²) >= 11 is 3.45. The Labute approximate surface area is 110 Å². The first kappa shape index (κ1) is 12.4. The van der Waals surface area contributed by atoms with E-state index in [1.807, 2.05) is 11.8 Å². The summed E-state index contributed by atoms with van der Waals surface area (Å²) in [6.07, 6.45) is 1.05. The number of hydrogen-bond donors (Lipinski definition) is 1. The third-order valence-electron chi connectivity index (χ3n) is 3.25. The van der Waals surface area contributed by atoms with Gasteiger partial charge in [0.25, 0.3) is 5.91 Å². The zero-order chi connectivity index (χ0) is 12.4. The highest BCUT2D eigenvalue weighted by molar-refractivity contribution is 9.09. The average molecular weight is 298 g/mol. The molecule has 1 aromatic carbocycles. The molecular weight excluding hydrogens is 282 g/mol. The first-order valence-corrected chi connectivity index (χ1v) is 6.89. The van der Waals surface area contributed by atoms with Crippen molar-refractivity contribution in [3.05, 3.63) is 29.3 Å². The van der Waals surface area contributed by atoms with Crippen molar-refractivity contribution >= 4 is 21.8 Å². The third-order valence-corrected chi connectivity index (χ3v) is 4.16. The van der Waals surface area contributed by atoms with Crippen LogP contribution in [0.3, 0.4) is 0 Å². The fourth-order valence-corrected chi connectivity index (χ4v) is 2.60. The van der Waals surface area contributed by atoms with Crippen LogP contribution in [0.2, 0.25) is 0 Å². The summed E-state index contributed by atoms with van der Waals surface area (Å²) in [5.74, 6) is 0.758. The number of benzene rings is 1. The highest BCUT2D eigenvalue weighted by atomic mass is 79.9. The Hall–Kier alpha value is -1.03. The van der Waals surface area contributed by atoms with Crippen LogP contribution in [0.25, 0.3) is 0 Å². The number of likely N-dealkylation sites (tertiary alicyclic amines) is 1. The molecule has 1 fully saturated rings. The Morgan fingerprint density at radius 3 is 2.94 bits per heavy atom. The average Bonchev–Trinajstić information content (AvgIpc) is 2.80. The maximum Gasteiger partial charge on any atom is 0.253 e. The second kappa shape index (κ2) is 5.08. The molecule has 1 aliphatic rings. The molecule has 4 heteroatoms. The van der Waals surface area contributed by atoms with E-state index in [0.717, 1.165) is 30.4 Å². The summed E-state index contributed by atoms with van der Waals surface area (Å²) in [5, 5.41) is 10.6. The second-order valence-electron chi connectivity index (χ2n) is 4.56. The summed E-state index contributed by atoms with van der Waals surface area (Å²) in [7, 11) is 0. The Kier molecular flexibility index (Phi) is 3.72. The van der Waals surface area contributed by atoms with Crippen LogP contribution in [0.1, 0.15) is 22.3 Å². The molecule has 0 aliphatic carbocycles. The molecule has 92 valence electrons. The maximum atomic E-state index is 12.2. The van der Waals surface area contributed by atoms with Crippen molar-refractivity contribution in [3.8, 4) is 5.75 Å². The van der Waals surface area contributed by atoms with Crippen molar-refractivity contribution in [2.75, 3.05) is 18.4 Å². The smallest absolute Gasteiger partial charge is 0.253 e. The Bertz CT molecular complexity index is 433. The number of hydrogen-bond acceptors (Lipinski definition) is 2. The summed E-state index contributed by atoms with van der Waals surface area (Å²) in [4.78, 5) is 14.0. The molecule has 1 heterocycles. The van der Waals surface area contributed by atoms with Crippen molar-refractivity contribution < 1.29 is 9.90 Å². The van der Waals surface area contributed by atoms with E-state index in [-0.39, 0.29) is 11.7 Å². The van der Waals surface area contributed by atoms with Gasteiger partial charge in [-0.05, 0) is 37.0 Å². The molecule has 1 amide bonds. The summed E-state index contributed by atoms with van der Waals surface area (Å²) in [6, 6.07) is 5.11. The summed E-state index contributed by atoms with van der Waals surface area (Å²) in [5.41, 5.74) is 1.37. The van der Waals surface area contributed by atoms with E-state index in [9.17, 15) is 9.90 Å². The molecule has 1 unspecified atom stereocenters. The number of alkyl halides is 1. The summed E-state index contributed by atoms with van der Waals surface area (Å²) < 4.78 is 0. The topological polar surface area (TPSA) is 40.5 Å². The Balaban J connectivity index is 2.12. The molecule has 0 bridgehead atoms. The zero-order valence-electron chi connectivity index (χ0n) is 9.82. The molecule has 17 heavy (non-hydrogen) atoms. The van der Waals surface area contributed by atoms with E-state index in [1.165, 1.54) is 0 Å². The van der Waals surface area contributed by atoms with E-state index in [0.29, 0.717) is 11.5 Å². The number of phenolic OH excluding ortho intramolecular Hbond substituents is 1. The largest absolute Gasteiger partial charge is 0.508 e. The molecule has 3 nitrogen and oxygen atoms in total.